The summed E-state index contributed by atoms with van der Waals surface area (Å²) < 4.78 is 5.22. The van der Waals surface area contributed by atoms with E-state index in [0.717, 1.165) is 16.9 Å². The topological polar surface area (TPSA) is 61.9 Å². The van der Waals surface area contributed by atoms with E-state index in [1.807, 2.05) is 69.6 Å². The molecule has 0 spiro atoms. The Morgan fingerprint density at radius 2 is 1.83 bits per heavy atom. The number of likely N-dealkylation sites (N-methyl/N-ethyl adjacent to an activating group) is 1. The van der Waals surface area contributed by atoms with E-state index in [2.05, 4.69) is 10.2 Å². The molecule has 0 radical (unpaired) electrons. The Hall–Kier alpha value is -2.86. The standard InChI is InChI=1S/C24H31N3O3/c1-17-5-7-18(8-6-17)15-27-16-20(13-23(27)28)24(29)25-14-22(26(2)3)19-9-11-21(30-4)12-10-19/h5-12,20,22H,13-16H2,1-4H3,(H,25,29)/t20-,22-/m0/s1. The normalized spacial score (nSPS) is 17.3. The minimum absolute atomic E-state index is 0.0371. The van der Waals surface area contributed by atoms with Crippen LogP contribution in [0.1, 0.15) is 29.2 Å². The average molecular weight is 410 g/mol. The number of rotatable bonds is 8. The molecule has 3 rings (SSSR count). The second-order valence-electron chi connectivity index (χ2n) is 8.16. The smallest absolute Gasteiger partial charge is 0.225 e. The first-order valence-electron chi connectivity index (χ1n) is 10.3. The van der Waals surface area contributed by atoms with E-state index in [9.17, 15) is 9.59 Å². The number of hydrogen-bond acceptors (Lipinski definition) is 4. The largest absolute Gasteiger partial charge is 0.497 e. The van der Waals surface area contributed by atoms with E-state index in [0.29, 0.717) is 19.6 Å². The zero-order chi connectivity index (χ0) is 21.7. The highest BCUT2D eigenvalue weighted by molar-refractivity contribution is 5.89. The fraction of sp³-hybridized carbons (Fsp3) is 0.417. The van der Waals surface area contributed by atoms with Crippen molar-refractivity contribution in [3.05, 3.63) is 65.2 Å². The van der Waals surface area contributed by atoms with E-state index in [1.54, 1.807) is 12.0 Å². The molecule has 2 amide bonds. The van der Waals surface area contributed by atoms with E-state index in [1.165, 1.54) is 5.56 Å². The third-order valence-corrected chi connectivity index (χ3v) is 5.67. The summed E-state index contributed by atoms with van der Waals surface area (Å²) >= 11 is 0. The van der Waals surface area contributed by atoms with E-state index in [-0.39, 0.29) is 30.2 Å². The fourth-order valence-corrected chi connectivity index (χ4v) is 3.78. The maximum absolute atomic E-state index is 12.8. The second kappa shape index (κ2) is 9.76. The van der Waals surface area contributed by atoms with Crippen molar-refractivity contribution in [1.82, 2.24) is 15.1 Å². The summed E-state index contributed by atoms with van der Waals surface area (Å²) in [7, 11) is 5.62. The molecule has 0 aromatic heterocycles. The Kier molecular flexibility index (Phi) is 7.11. The number of methoxy groups -OCH3 is 1. The first kappa shape index (κ1) is 21.8. The zero-order valence-corrected chi connectivity index (χ0v) is 18.2. The van der Waals surface area contributed by atoms with Gasteiger partial charge in [-0.1, -0.05) is 42.0 Å². The highest BCUT2D eigenvalue weighted by Gasteiger charge is 2.34. The molecule has 0 saturated carbocycles. The molecule has 1 N–H and O–H groups in total. The lowest BCUT2D eigenvalue weighted by atomic mass is 10.0. The Balaban J connectivity index is 1.56. The van der Waals surface area contributed by atoms with Gasteiger partial charge in [0.05, 0.1) is 19.1 Å². The van der Waals surface area contributed by atoms with Crippen LogP contribution in [0.4, 0.5) is 0 Å². The Bertz CT molecular complexity index is 862. The van der Waals surface area contributed by atoms with Crippen LogP contribution in [0.2, 0.25) is 0 Å². The van der Waals surface area contributed by atoms with Crippen molar-refractivity contribution in [2.45, 2.75) is 25.9 Å². The molecule has 2 aromatic rings. The van der Waals surface area contributed by atoms with Gasteiger partial charge < -0.3 is 19.9 Å². The Morgan fingerprint density at radius 3 is 2.43 bits per heavy atom. The van der Waals surface area contributed by atoms with Gasteiger partial charge in [0.15, 0.2) is 0 Å². The number of ether oxygens (including phenoxy) is 1. The number of nitrogens with one attached hydrogen (secondary N) is 1. The average Bonchev–Trinajstić information content (AvgIpc) is 3.10. The number of nitrogens with zero attached hydrogens (tertiary/aromatic N) is 2. The van der Waals surface area contributed by atoms with Crippen molar-refractivity contribution in [1.29, 1.82) is 0 Å². The molecule has 1 aliphatic heterocycles. The van der Waals surface area contributed by atoms with Crippen LogP contribution in [0.5, 0.6) is 5.75 Å². The molecule has 2 aromatic carbocycles. The number of hydrogen-bond donors (Lipinski definition) is 1. The van der Waals surface area contributed by atoms with Gasteiger partial charge in [-0.25, -0.2) is 0 Å². The molecular weight excluding hydrogens is 378 g/mol. The molecule has 6 heteroatoms. The van der Waals surface area contributed by atoms with Crippen LogP contribution < -0.4 is 10.1 Å². The lowest BCUT2D eigenvalue weighted by Crippen LogP contribution is -2.38. The maximum atomic E-state index is 12.8. The van der Waals surface area contributed by atoms with Crippen LogP contribution in [0.3, 0.4) is 0 Å². The Labute approximate surface area is 178 Å². The summed E-state index contributed by atoms with van der Waals surface area (Å²) in [6, 6.07) is 16.1. The molecule has 0 bridgehead atoms. The van der Waals surface area contributed by atoms with Gasteiger partial charge in [-0.2, -0.15) is 0 Å². The number of carbonyl (C=O) groups excluding carboxylic acids is 2. The highest BCUT2D eigenvalue weighted by Crippen LogP contribution is 2.23. The highest BCUT2D eigenvalue weighted by atomic mass is 16.5. The third-order valence-electron chi connectivity index (χ3n) is 5.67. The van der Waals surface area contributed by atoms with Gasteiger partial charge in [0, 0.05) is 26.1 Å². The van der Waals surface area contributed by atoms with Crippen molar-refractivity contribution in [3.8, 4) is 5.75 Å². The first-order valence-corrected chi connectivity index (χ1v) is 10.3. The van der Waals surface area contributed by atoms with Crippen molar-refractivity contribution in [3.63, 3.8) is 0 Å². The molecule has 6 nitrogen and oxygen atoms in total. The number of benzene rings is 2. The SMILES string of the molecule is COc1ccc([C@H](CNC(=O)[C@H]2CC(=O)N(Cc3ccc(C)cc3)C2)N(C)C)cc1. The van der Waals surface area contributed by atoms with E-state index >= 15 is 0 Å². The quantitative estimate of drug-likeness (QED) is 0.728. The number of aryl methyl sites for hydroxylation is 1. The van der Waals surface area contributed by atoms with Crippen molar-refractivity contribution >= 4 is 11.8 Å². The molecule has 160 valence electrons. The lowest BCUT2D eigenvalue weighted by Gasteiger charge is -2.26. The van der Waals surface area contributed by atoms with Gasteiger partial charge in [-0.05, 0) is 44.3 Å². The van der Waals surface area contributed by atoms with Crippen LogP contribution in [0.15, 0.2) is 48.5 Å². The minimum Gasteiger partial charge on any atom is -0.497 e. The minimum atomic E-state index is -0.304. The summed E-state index contributed by atoms with van der Waals surface area (Å²) in [6.45, 7) is 3.54. The summed E-state index contributed by atoms with van der Waals surface area (Å²) in [4.78, 5) is 29.0. The summed E-state index contributed by atoms with van der Waals surface area (Å²) in [6.07, 6.45) is 0.271. The summed E-state index contributed by atoms with van der Waals surface area (Å²) in [5, 5.41) is 3.05. The predicted molar refractivity (Wildman–Crippen MR) is 117 cm³/mol. The number of amides is 2. The molecule has 1 aliphatic rings. The van der Waals surface area contributed by atoms with E-state index in [4.69, 9.17) is 4.74 Å². The van der Waals surface area contributed by atoms with Gasteiger partial charge >= 0.3 is 0 Å². The van der Waals surface area contributed by atoms with E-state index < -0.39 is 0 Å². The van der Waals surface area contributed by atoms with Gasteiger partial charge in [0.1, 0.15) is 5.75 Å². The predicted octanol–water partition coefficient (Wildman–Crippen LogP) is 2.77. The monoisotopic (exact) mass is 409 g/mol. The van der Waals surface area contributed by atoms with Crippen LogP contribution in [-0.4, -0.2) is 55.9 Å². The Morgan fingerprint density at radius 1 is 1.17 bits per heavy atom. The van der Waals surface area contributed by atoms with Crippen LogP contribution >= 0.6 is 0 Å². The van der Waals surface area contributed by atoms with Gasteiger partial charge in [-0.3, -0.25) is 9.59 Å². The number of likely N-dealkylation sites (tertiary alicyclic amines) is 1. The summed E-state index contributed by atoms with van der Waals surface area (Å²) in [5.41, 5.74) is 3.38. The van der Waals surface area contributed by atoms with Gasteiger partial charge in [-0.15, -0.1) is 0 Å². The molecule has 0 aliphatic carbocycles. The van der Waals surface area contributed by atoms with Gasteiger partial charge in [0.2, 0.25) is 11.8 Å². The zero-order valence-electron chi connectivity index (χ0n) is 18.2. The molecule has 0 unspecified atom stereocenters. The number of carbonyl (C=O) groups is 2. The lowest BCUT2D eigenvalue weighted by molar-refractivity contribution is -0.129. The van der Waals surface area contributed by atoms with Crippen molar-refractivity contribution in [2.75, 3.05) is 34.3 Å². The molecule has 1 fully saturated rings. The maximum Gasteiger partial charge on any atom is 0.225 e. The fourth-order valence-electron chi connectivity index (χ4n) is 3.78. The molecule has 1 saturated heterocycles. The van der Waals surface area contributed by atoms with Crippen molar-refractivity contribution in [2.24, 2.45) is 5.92 Å². The molecule has 30 heavy (non-hydrogen) atoms. The van der Waals surface area contributed by atoms with Crippen LogP contribution in [0.25, 0.3) is 0 Å². The molecule has 1 heterocycles. The summed E-state index contributed by atoms with van der Waals surface area (Å²) in [5.74, 6) is 0.477. The molecular formula is C24H31N3O3. The molecule has 2 atom stereocenters. The van der Waals surface area contributed by atoms with Crippen LogP contribution in [-0.2, 0) is 16.1 Å². The first-order chi connectivity index (χ1) is 14.4. The third kappa shape index (κ3) is 5.39. The van der Waals surface area contributed by atoms with Gasteiger partial charge in [0.25, 0.3) is 0 Å². The second-order valence-corrected chi connectivity index (χ2v) is 8.16. The van der Waals surface area contributed by atoms with Crippen LogP contribution in [0, 0.1) is 12.8 Å². The van der Waals surface area contributed by atoms with Crippen molar-refractivity contribution < 1.29 is 14.3 Å².